The summed E-state index contributed by atoms with van der Waals surface area (Å²) in [4.78, 5) is 16.7. The molecule has 3 aliphatic heterocycles. The van der Waals surface area contributed by atoms with Crippen LogP contribution in [0.5, 0.6) is 0 Å². The first kappa shape index (κ1) is 14.9. The molecule has 0 N–H and O–H groups in total. The van der Waals surface area contributed by atoms with Crippen LogP contribution in [0.15, 0.2) is 18.2 Å². The second kappa shape index (κ2) is 5.78. The first-order chi connectivity index (χ1) is 11.2. The minimum absolute atomic E-state index is 0.0774. The zero-order chi connectivity index (χ0) is 15.9. The molecule has 4 rings (SSSR count). The third kappa shape index (κ3) is 2.51. The molecule has 124 valence electrons. The second-order valence-corrected chi connectivity index (χ2v) is 6.93. The lowest BCUT2D eigenvalue weighted by molar-refractivity contribution is -0.130. The number of halogens is 1. The number of anilines is 2. The number of benzene rings is 1. The summed E-state index contributed by atoms with van der Waals surface area (Å²) in [6.45, 7) is 3.86. The third-order valence-corrected chi connectivity index (χ3v) is 5.66. The molecule has 0 saturated carbocycles. The van der Waals surface area contributed by atoms with E-state index in [1.165, 1.54) is 12.8 Å². The maximum absolute atomic E-state index is 14.6. The predicted molar refractivity (Wildman–Crippen MR) is 87.3 cm³/mol. The molecule has 23 heavy (non-hydrogen) atoms. The summed E-state index contributed by atoms with van der Waals surface area (Å²) in [7, 11) is 0. The van der Waals surface area contributed by atoms with Gasteiger partial charge in [0.25, 0.3) is 0 Å². The molecule has 0 bridgehead atoms. The van der Waals surface area contributed by atoms with Crippen molar-refractivity contribution < 1.29 is 13.9 Å². The van der Waals surface area contributed by atoms with Gasteiger partial charge in [-0.2, -0.15) is 0 Å². The summed E-state index contributed by atoms with van der Waals surface area (Å²) in [5.74, 6) is -0.208. The van der Waals surface area contributed by atoms with Crippen LogP contribution in [-0.4, -0.2) is 38.8 Å². The van der Waals surface area contributed by atoms with Gasteiger partial charge in [-0.05, 0) is 50.3 Å². The Bertz CT molecular complexity index is 607. The van der Waals surface area contributed by atoms with E-state index in [1.54, 1.807) is 17.0 Å². The molecule has 3 fully saturated rings. The Kier molecular flexibility index (Phi) is 3.76. The molecule has 3 saturated heterocycles. The van der Waals surface area contributed by atoms with Gasteiger partial charge in [-0.3, -0.25) is 4.79 Å². The van der Waals surface area contributed by atoms with Crippen LogP contribution in [0, 0.1) is 11.2 Å². The number of rotatable bonds is 2. The van der Waals surface area contributed by atoms with Gasteiger partial charge in [-0.25, -0.2) is 4.39 Å². The van der Waals surface area contributed by atoms with E-state index in [0.29, 0.717) is 25.4 Å². The van der Waals surface area contributed by atoms with Gasteiger partial charge in [0.2, 0.25) is 5.91 Å². The van der Waals surface area contributed by atoms with Crippen LogP contribution in [-0.2, 0) is 9.53 Å². The molecule has 0 aromatic heterocycles. The Morgan fingerprint density at radius 3 is 2.48 bits per heavy atom. The molecule has 3 heterocycles. The molecule has 5 heteroatoms. The van der Waals surface area contributed by atoms with Crippen molar-refractivity contribution in [3.63, 3.8) is 0 Å². The molecular formula is C18H23FN2O2. The van der Waals surface area contributed by atoms with Crippen LogP contribution in [0.1, 0.15) is 32.1 Å². The van der Waals surface area contributed by atoms with Crippen molar-refractivity contribution in [3.05, 3.63) is 24.0 Å². The Hall–Kier alpha value is -1.62. The number of nitrogens with zero attached hydrogens (tertiary/aromatic N) is 2. The van der Waals surface area contributed by atoms with E-state index in [9.17, 15) is 9.18 Å². The zero-order valence-electron chi connectivity index (χ0n) is 13.4. The van der Waals surface area contributed by atoms with Crippen molar-refractivity contribution in [2.24, 2.45) is 5.41 Å². The lowest BCUT2D eigenvalue weighted by Gasteiger charge is -2.31. The van der Waals surface area contributed by atoms with Gasteiger partial charge in [0, 0.05) is 38.5 Å². The van der Waals surface area contributed by atoms with Crippen molar-refractivity contribution in [3.8, 4) is 0 Å². The second-order valence-electron chi connectivity index (χ2n) is 6.93. The van der Waals surface area contributed by atoms with Gasteiger partial charge < -0.3 is 14.5 Å². The van der Waals surface area contributed by atoms with Crippen molar-refractivity contribution in [1.82, 2.24) is 0 Å². The van der Waals surface area contributed by atoms with E-state index < -0.39 is 0 Å². The maximum atomic E-state index is 14.6. The monoisotopic (exact) mass is 318 g/mol. The lowest BCUT2D eigenvalue weighted by atomic mass is 9.79. The van der Waals surface area contributed by atoms with Crippen LogP contribution in [0.4, 0.5) is 15.8 Å². The van der Waals surface area contributed by atoms with Crippen LogP contribution in [0.25, 0.3) is 0 Å². The first-order valence-electron chi connectivity index (χ1n) is 8.64. The fourth-order valence-corrected chi connectivity index (χ4v) is 4.16. The molecule has 1 aromatic carbocycles. The van der Waals surface area contributed by atoms with E-state index in [0.717, 1.165) is 38.0 Å². The standard InChI is InChI=1S/C18H23FN2O2/c19-15-13-14(20-8-1-2-9-20)3-4-16(15)21-10-5-18(17(21)22)6-11-23-12-7-18/h3-4,13H,1-2,5-12H2. The molecule has 0 atom stereocenters. The molecule has 0 radical (unpaired) electrons. The van der Waals surface area contributed by atoms with E-state index in [1.807, 2.05) is 6.07 Å². The minimum atomic E-state index is -0.321. The quantitative estimate of drug-likeness (QED) is 0.840. The number of carbonyl (C=O) groups excluding carboxylic acids is 1. The van der Waals surface area contributed by atoms with Crippen LogP contribution in [0.2, 0.25) is 0 Å². The van der Waals surface area contributed by atoms with E-state index in [2.05, 4.69) is 4.90 Å². The van der Waals surface area contributed by atoms with E-state index in [-0.39, 0.29) is 17.1 Å². The summed E-state index contributed by atoms with van der Waals surface area (Å²) in [6.07, 6.45) is 4.66. The summed E-state index contributed by atoms with van der Waals surface area (Å²) in [5.41, 5.74) is 1.04. The number of ether oxygens (including phenoxy) is 1. The number of carbonyl (C=O) groups is 1. The molecule has 0 aliphatic carbocycles. The highest BCUT2D eigenvalue weighted by atomic mass is 19.1. The number of amides is 1. The highest BCUT2D eigenvalue weighted by Gasteiger charge is 2.48. The predicted octanol–water partition coefficient (Wildman–Crippen LogP) is 2.96. The lowest BCUT2D eigenvalue weighted by Crippen LogP contribution is -2.39. The zero-order valence-corrected chi connectivity index (χ0v) is 13.4. The molecule has 3 aliphatic rings. The van der Waals surface area contributed by atoms with Crippen molar-refractivity contribution in [1.29, 1.82) is 0 Å². The maximum Gasteiger partial charge on any atom is 0.233 e. The Morgan fingerprint density at radius 2 is 1.78 bits per heavy atom. The van der Waals surface area contributed by atoms with Crippen LogP contribution < -0.4 is 9.80 Å². The minimum Gasteiger partial charge on any atom is -0.381 e. The Balaban J connectivity index is 1.57. The molecule has 0 unspecified atom stereocenters. The topological polar surface area (TPSA) is 32.8 Å². The van der Waals surface area contributed by atoms with Gasteiger partial charge in [0.1, 0.15) is 5.82 Å². The van der Waals surface area contributed by atoms with Gasteiger partial charge in [-0.1, -0.05) is 0 Å². The van der Waals surface area contributed by atoms with Crippen molar-refractivity contribution in [2.75, 3.05) is 42.6 Å². The van der Waals surface area contributed by atoms with Gasteiger partial charge in [0.15, 0.2) is 0 Å². The molecular weight excluding hydrogens is 295 g/mol. The normalized spacial score (nSPS) is 24.0. The van der Waals surface area contributed by atoms with Crippen molar-refractivity contribution in [2.45, 2.75) is 32.1 Å². The van der Waals surface area contributed by atoms with Crippen LogP contribution in [0.3, 0.4) is 0 Å². The van der Waals surface area contributed by atoms with Gasteiger partial charge in [0.05, 0.1) is 11.1 Å². The van der Waals surface area contributed by atoms with Gasteiger partial charge >= 0.3 is 0 Å². The Morgan fingerprint density at radius 1 is 1.04 bits per heavy atom. The number of hydrogen-bond acceptors (Lipinski definition) is 3. The molecule has 1 spiro atoms. The highest BCUT2D eigenvalue weighted by molar-refractivity contribution is 6.00. The molecule has 1 aromatic rings. The fraction of sp³-hybridized carbons (Fsp3) is 0.611. The van der Waals surface area contributed by atoms with Crippen LogP contribution >= 0.6 is 0 Å². The SMILES string of the molecule is O=C1N(c2ccc(N3CCCC3)cc2F)CCC12CCOCC2. The highest BCUT2D eigenvalue weighted by Crippen LogP contribution is 2.43. The van der Waals surface area contributed by atoms with E-state index >= 15 is 0 Å². The molecule has 1 amide bonds. The third-order valence-electron chi connectivity index (χ3n) is 5.66. The average molecular weight is 318 g/mol. The summed E-state index contributed by atoms with van der Waals surface area (Å²) in [6, 6.07) is 5.31. The molecule has 4 nitrogen and oxygen atoms in total. The summed E-state index contributed by atoms with van der Waals surface area (Å²) < 4.78 is 20.0. The van der Waals surface area contributed by atoms with E-state index in [4.69, 9.17) is 4.74 Å². The largest absolute Gasteiger partial charge is 0.381 e. The Labute approximate surface area is 136 Å². The fourth-order valence-electron chi connectivity index (χ4n) is 4.16. The summed E-state index contributed by atoms with van der Waals surface area (Å²) >= 11 is 0. The van der Waals surface area contributed by atoms with Gasteiger partial charge in [-0.15, -0.1) is 0 Å². The average Bonchev–Trinajstić information content (AvgIpc) is 3.20. The first-order valence-corrected chi connectivity index (χ1v) is 8.64. The smallest absolute Gasteiger partial charge is 0.233 e. The number of hydrogen-bond donors (Lipinski definition) is 0. The van der Waals surface area contributed by atoms with Crippen molar-refractivity contribution >= 4 is 17.3 Å². The summed E-state index contributed by atoms with van der Waals surface area (Å²) in [5, 5.41) is 0.